The lowest BCUT2D eigenvalue weighted by atomic mass is 10.1. The van der Waals surface area contributed by atoms with Gasteiger partial charge in [-0.2, -0.15) is 0 Å². The van der Waals surface area contributed by atoms with Crippen molar-refractivity contribution < 1.29 is 14.3 Å². The maximum atomic E-state index is 13.1. The van der Waals surface area contributed by atoms with Crippen LogP contribution in [0, 0.1) is 0 Å². The Morgan fingerprint density at radius 3 is 2.23 bits per heavy atom. The lowest BCUT2D eigenvalue weighted by Crippen LogP contribution is -2.37. The summed E-state index contributed by atoms with van der Waals surface area (Å²) in [7, 11) is 0.753. The molecule has 7 heteroatoms. The molecule has 1 heterocycles. The predicted molar refractivity (Wildman–Crippen MR) is 131 cm³/mol. The van der Waals surface area contributed by atoms with Crippen LogP contribution in [0.4, 0.5) is 5.69 Å². The molecule has 0 saturated heterocycles. The second-order valence-electron chi connectivity index (χ2n) is 7.88. The molecule has 1 unspecified atom stereocenters. The molecule has 3 aromatic rings. The number of hydrogen-bond acceptors (Lipinski definition) is 4. The summed E-state index contributed by atoms with van der Waals surface area (Å²) in [5.41, 5.74) is 1.39. The van der Waals surface area contributed by atoms with Crippen molar-refractivity contribution in [2.24, 2.45) is 0 Å². The lowest BCUT2D eigenvalue weighted by Gasteiger charge is -2.26. The fourth-order valence-electron chi connectivity index (χ4n) is 3.04. The van der Waals surface area contributed by atoms with Crippen LogP contribution in [0.5, 0.6) is 5.75 Å². The van der Waals surface area contributed by atoms with Gasteiger partial charge in [0.2, 0.25) is 5.91 Å². The average Bonchev–Trinajstić information content (AvgIpc) is 3.25. The first-order valence-electron chi connectivity index (χ1n) is 9.81. The molecule has 164 valence electrons. The minimum absolute atomic E-state index is 0.204. The number of nitrogens with one attached hydrogen (secondary N) is 2. The number of carbonyl (C=O) groups is 2. The van der Waals surface area contributed by atoms with Gasteiger partial charge in [0.05, 0.1) is 13.5 Å². The molecule has 0 bridgehead atoms. The Morgan fingerprint density at radius 2 is 1.68 bits per heavy atom. The van der Waals surface area contributed by atoms with Crippen LogP contribution in [-0.4, -0.2) is 37.7 Å². The highest BCUT2D eigenvalue weighted by atomic mass is 32.3. The predicted octanol–water partition coefficient (Wildman–Crippen LogP) is 4.85. The molecule has 0 aliphatic rings. The molecule has 0 aliphatic heterocycles. The zero-order chi connectivity index (χ0) is 22.4. The summed E-state index contributed by atoms with van der Waals surface area (Å²) in [5, 5.41) is 7.75. The van der Waals surface area contributed by atoms with Crippen LogP contribution in [0.25, 0.3) is 0 Å². The van der Waals surface area contributed by atoms with E-state index in [9.17, 15) is 9.59 Å². The molecule has 0 spiro atoms. The van der Waals surface area contributed by atoms with Crippen molar-refractivity contribution in [3.05, 3.63) is 76.5 Å². The number of amides is 2. The molecule has 0 fully saturated rings. The quantitative estimate of drug-likeness (QED) is 0.509. The van der Waals surface area contributed by atoms with Crippen molar-refractivity contribution in [1.29, 1.82) is 0 Å². The van der Waals surface area contributed by atoms with Crippen LogP contribution in [0.15, 0.2) is 70.9 Å². The summed E-state index contributed by atoms with van der Waals surface area (Å²) in [6.07, 6.45) is 6.91. The summed E-state index contributed by atoms with van der Waals surface area (Å²) in [4.78, 5) is 28.0. The number of anilines is 1. The van der Waals surface area contributed by atoms with E-state index in [0.717, 1.165) is 4.88 Å². The third-order valence-corrected chi connectivity index (χ3v) is 7.32. The second-order valence-corrected chi connectivity index (χ2v) is 13.1. The van der Waals surface area contributed by atoms with Crippen LogP contribution in [0.2, 0.25) is 0 Å². The normalized spacial score (nSPS) is 12.6. The number of hydrogen-bond donors (Lipinski definition) is 2. The van der Waals surface area contributed by atoms with Crippen molar-refractivity contribution in [3.8, 4) is 5.75 Å². The summed E-state index contributed by atoms with van der Waals surface area (Å²) >= 11 is 1.52. The molecular weight excluding hydrogens is 428 g/mol. The Hall–Kier alpha value is -2.77. The van der Waals surface area contributed by atoms with Gasteiger partial charge in [-0.25, -0.2) is 10.0 Å². The lowest BCUT2D eigenvalue weighted by molar-refractivity contribution is -0.126. The van der Waals surface area contributed by atoms with Gasteiger partial charge in [-0.1, -0.05) is 18.2 Å². The van der Waals surface area contributed by atoms with E-state index in [1.165, 1.54) is 16.2 Å². The number of thiophene rings is 1. The highest BCUT2D eigenvalue weighted by Crippen LogP contribution is 2.45. The van der Waals surface area contributed by atoms with Crippen LogP contribution < -0.4 is 15.4 Å². The minimum Gasteiger partial charge on any atom is -0.497 e. The molecule has 1 atom stereocenters. The van der Waals surface area contributed by atoms with Crippen LogP contribution in [-0.2, 0) is 16.0 Å². The maximum Gasteiger partial charge on any atom is 0.251 e. The smallest absolute Gasteiger partial charge is 0.251 e. The highest BCUT2D eigenvalue weighted by Gasteiger charge is 2.23. The fourth-order valence-corrected chi connectivity index (χ4v) is 4.70. The third-order valence-electron chi connectivity index (χ3n) is 4.76. The zero-order valence-electron chi connectivity index (χ0n) is 18.2. The van der Waals surface area contributed by atoms with Crippen LogP contribution >= 0.6 is 21.4 Å². The monoisotopic (exact) mass is 456 g/mol. The molecule has 5 nitrogen and oxygen atoms in total. The van der Waals surface area contributed by atoms with Gasteiger partial charge < -0.3 is 15.4 Å². The Labute approximate surface area is 189 Å². The van der Waals surface area contributed by atoms with Crippen LogP contribution in [0.1, 0.15) is 16.5 Å². The molecule has 2 aromatic carbocycles. The number of benzene rings is 2. The van der Waals surface area contributed by atoms with E-state index in [1.807, 2.05) is 41.8 Å². The van der Waals surface area contributed by atoms with Crippen molar-refractivity contribution in [1.82, 2.24) is 5.32 Å². The summed E-state index contributed by atoms with van der Waals surface area (Å²) in [6, 6.07) is 18.0. The van der Waals surface area contributed by atoms with Gasteiger partial charge >= 0.3 is 0 Å². The number of rotatable bonds is 8. The topological polar surface area (TPSA) is 67.4 Å². The van der Waals surface area contributed by atoms with Gasteiger partial charge in [-0.3, -0.25) is 9.59 Å². The Kier molecular flexibility index (Phi) is 7.41. The molecule has 2 N–H and O–H groups in total. The first kappa shape index (κ1) is 22.9. The van der Waals surface area contributed by atoms with Crippen molar-refractivity contribution in [2.75, 3.05) is 31.2 Å². The maximum absolute atomic E-state index is 13.1. The van der Waals surface area contributed by atoms with E-state index in [-0.39, 0.29) is 18.2 Å². The highest BCUT2D eigenvalue weighted by molar-refractivity contribution is 8.32. The van der Waals surface area contributed by atoms with Crippen molar-refractivity contribution >= 4 is 38.9 Å². The number of methoxy groups -OCH3 is 1. The minimum atomic E-state index is -0.835. The van der Waals surface area contributed by atoms with E-state index >= 15 is 0 Å². The van der Waals surface area contributed by atoms with Gasteiger partial charge in [0.15, 0.2) is 0 Å². The second kappa shape index (κ2) is 10.0. The number of ether oxygens (including phenoxy) is 1. The Morgan fingerprint density at radius 1 is 1.00 bits per heavy atom. The largest absolute Gasteiger partial charge is 0.497 e. The molecule has 0 saturated carbocycles. The van der Waals surface area contributed by atoms with E-state index in [0.29, 0.717) is 17.0 Å². The van der Waals surface area contributed by atoms with E-state index in [1.54, 1.807) is 31.4 Å². The van der Waals surface area contributed by atoms with Gasteiger partial charge in [0.25, 0.3) is 5.91 Å². The molecule has 2 amide bonds. The first-order valence-corrected chi connectivity index (χ1v) is 13.5. The Bertz CT molecular complexity index is 1010. The molecule has 0 radical (unpaired) electrons. The molecule has 31 heavy (non-hydrogen) atoms. The third kappa shape index (κ3) is 6.35. The molecule has 0 aliphatic carbocycles. The molecule has 1 aromatic heterocycles. The first-order chi connectivity index (χ1) is 14.8. The average molecular weight is 457 g/mol. The van der Waals surface area contributed by atoms with E-state index < -0.39 is 16.1 Å². The van der Waals surface area contributed by atoms with Gasteiger partial charge in [-0.15, -0.1) is 11.3 Å². The van der Waals surface area contributed by atoms with E-state index in [2.05, 4.69) is 29.4 Å². The molecular formula is C24H28N2O3S2. The SMILES string of the molecule is COc1ccc(C(NC(=O)Cc2cccs2)C(=O)Nc2ccc(S(C)(C)C)cc2)cc1. The summed E-state index contributed by atoms with van der Waals surface area (Å²) in [5.74, 6) is 0.193. The number of carbonyl (C=O) groups excluding carboxylic acids is 2. The summed E-state index contributed by atoms with van der Waals surface area (Å²) in [6.45, 7) is 0. The summed E-state index contributed by atoms with van der Waals surface area (Å²) < 4.78 is 5.21. The van der Waals surface area contributed by atoms with Gasteiger partial charge in [-0.05, 0) is 77.1 Å². The standard InChI is InChI=1S/C24H28N2O3S2/c1-29-19-11-7-17(8-12-19)23(26-22(27)16-20-6-5-15-30-20)24(28)25-18-9-13-21(14-10-18)31(2,3)4/h5-15,23H,16H2,1-4H3,(H,25,28)(H,26,27). The van der Waals surface area contributed by atoms with Crippen LogP contribution in [0.3, 0.4) is 0 Å². The van der Waals surface area contributed by atoms with E-state index in [4.69, 9.17) is 4.74 Å². The van der Waals surface area contributed by atoms with Crippen molar-refractivity contribution in [3.63, 3.8) is 0 Å². The fraction of sp³-hybridized carbons (Fsp3) is 0.250. The molecule has 3 rings (SSSR count). The zero-order valence-corrected chi connectivity index (χ0v) is 19.8. The van der Waals surface area contributed by atoms with Crippen molar-refractivity contribution in [2.45, 2.75) is 17.4 Å². The van der Waals surface area contributed by atoms with Gasteiger partial charge in [0, 0.05) is 10.6 Å². The Balaban J connectivity index is 1.78. The van der Waals surface area contributed by atoms with Gasteiger partial charge in [0.1, 0.15) is 11.8 Å².